The van der Waals surface area contributed by atoms with Crippen molar-refractivity contribution in [3.63, 3.8) is 0 Å². The van der Waals surface area contributed by atoms with E-state index in [0.29, 0.717) is 6.04 Å². The van der Waals surface area contributed by atoms with E-state index in [-0.39, 0.29) is 11.9 Å². The SMILES string of the molecule is CC(=O)N1CCCC1c1cccnc1NC1CCC1. The number of nitrogens with zero attached hydrogens (tertiary/aromatic N) is 2. The molecule has 1 unspecified atom stereocenters. The zero-order valence-electron chi connectivity index (χ0n) is 11.4. The Morgan fingerprint density at radius 1 is 1.37 bits per heavy atom. The summed E-state index contributed by atoms with van der Waals surface area (Å²) in [4.78, 5) is 18.2. The third kappa shape index (κ3) is 2.44. The molecule has 1 aliphatic heterocycles. The van der Waals surface area contributed by atoms with Gasteiger partial charge in [0.2, 0.25) is 5.91 Å². The Labute approximate surface area is 114 Å². The van der Waals surface area contributed by atoms with E-state index < -0.39 is 0 Å². The van der Waals surface area contributed by atoms with Gasteiger partial charge in [-0.15, -0.1) is 0 Å². The summed E-state index contributed by atoms with van der Waals surface area (Å²) < 4.78 is 0. The number of pyridine rings is 1. The van der Waals surface area contributed by atoms with Crippen LogP contribution in [0.4, 0.5) is 5.82 Å². The molecule has 2 fully saturated rings. The van der Waals surface area contributed by atoms with Gasteiger partial charge in [-0.05, 0) is 38.2 Å². The van der Waals surface area contributed by atoms with E-state index in [9.17, 15) is 4.79 Å². The summed E-state index contributed by atoms with van der Waals surface area (Å²) >= 11 is 0. The Morgan fingerprint density at radius 3 is 2.89 bits per heavy atom. The molecule has 1 aromatic heterocycles. The third-order valence-electron chi connectivity index (χ3n) is 4.30. The fraction of sp³-hybridized carbons (Fsp3) is 0.600. The zero-order chi connectivity index (χ0) is 13.2. The molecule has 4 heteroatoms. The van der Waals surface area contributed by atoms with Crippen LogP contribution >= 0.6 is 0 Å². The van der Waals surface area contributed by atoms with Crippen LogP contribution in [0.25, 0.3) is 0 Å². The van der Waals surface area contributed by atoms with E-state index in [2.05, 4.69) is 16.4 Å². The minimum atomic E-state index is 0.168. The number of aromatic nitrogens is 1. The molecule has 1 aromatic rings. The highest BCUT2D eigenvalue weighted by atomic mass is 16.2. The van der Waals surface area contributed by atoms with Crippen LogP contribution in [0.3, 0.4) is 0 Å². The predicted octanol–water partition coefficient (Wildman–Crippen LogP) is 2.73. The maximum Gasteiger partial charge on any atom is 0.219 e. The summed E-state index contributed by atoms with van der Waals surface area (Å²) in [5, 5.41) is 3.53. The minimum Gasteiger partial charge on any atom is -0.367 e. The number of anilines is 1. The Hall–Kier alpha value is -1.58. The van der Waals surface area contributed by atoms with Gasteiger partial charge in [-0.1, -0.05) is 6.07 Å². The Bertz CT molecular complexity index is 470. The van der Waals surface area contributed by atoms with Gasteiger partial charge in [0.1, 0.15) is 5.82 Å². The number of rotatable bonds is 3. The van der Waals surface area contributed by atoms with Gasteiger partial charge in [0.05, 0.1) is 6.04 Å². The van der Waals surface area contributed by atoms with Crippen molar-refractivity contribution in [2.75, 3.05) is 11.9 Å². The molecule has 1 aliphatic carbocycles. The van der Waals surface area contributed by atoms with Crippen molar-refractivity contribution in [3.8, 4) is 0 Å². The second kappa shape index (κ2) is 5.19. The van der Waals surface area contributed by atoms with Gasteiger partial charge in [-0.3, -0.25) is 4.79 Å². The van der Waals surface area contributed by atoms with E-state index in [4.69, 9.17) is 0 Å². The molecule has 1 amide bonds. The van der Waals surface area contributed by atoms with E-state index >= 15 is 0 Å². The smallest absolute Gasteiger partial charge is 0.219 e. The number of likely N-dealkylation sites (tertiary alicyclic amines) is 1. The summed E-state index contributed by atoms with van der Waals surface area (Å²) in [7, 11) is 0. The molecule has 2 aliphatic rings. The molecule has 19 heavy (non-hydrogen) atoms. The highest BCUT2D eigenvalue weighted by Gasteiger charge is 2.30. The molecule has 1 N–H and O–H groups in total. The molecule has 4 nitrogen and oxygen atoms in total. The van der Waals surface area contributed by atoms with Crippen LogP contribution in [0, 0.1) is 0 Å². The van der Waals surface area contributed by atoms with Crippen LogP contribution < -0.4 is 5.32 Å². The van der Waals surface area contributed by atoms with Gasteiger partial charge in [0.15, 0.2) is 0 Å². The minimum absolute atomic E-state index is 0.168. The lowest BCUT2D eigenvalue weighted by Gasteiger charge is -2.30. The highest BCUT2D eigenvalue weighted by Crippen LogP contribution is 2.36. The van der Waals surface area contributed by atoms with Crippen LogP contribution in [0.2, 0.25) is 0 Å². The van der Waals surface area contributed by atoms with Crippen LogP contribution in [0.15, 0.2) is 18.3 Å². The van der Waals surface area contributed by atoms with Crippen molar-refractivity contribution in [2.45, 2.75) is 51.1 Å². The van der Waals surface area contributed by atoms with Crippen LogP contribution in [0.1, 0.15) is 50.6 Å². The van der Waals surface area contributed by atoms with Crippen molar-refractivity contribution in [1.29, 1.82) is 0 Å². The molecule has 0 aromatic carbocycles. The second-order valence-electron chi connectivity index (χ2n) is 5.58. The summed E-state index contributed by atoms with van der Waals surface area (Å²) in [5.74, 6) is 1.14. The number of nitrogens with one attached hydrogen (secondary N) is 1. The number of carbonyl (C=O) groups is 1. The monoisotopic (exact) mass is 259 g/mol. The maximum atomic E-state index is 11.7. The Morgan fingerprint density at radius 2 is 2.21 bits per heavy atom. The number of carbonyl (C=O) groups excluding carboxylic acids is 1. The molecule has 102 valence electrons. The first-order valence-electron chi connectivity index (χ1n) is 7.24. The average Bonchev–Trinajstić information content (AvgIpc) is 2.83. The molecule has 0 spiro atoms. The van der Waals surface area contributed by atoms with Gasteiger partial charge < -0.3 is 10.2 Å². The normalized spacial score (nSPS) is 23.2. The van der Waals surface area contributed by atoms with Gasteiger partial charge in [0, 0.05) is 31.3 Å². The van der Waals surface area contributed by atoms with Crippen molar-refractivity contribution < 1.29 is 4.79 Å². The fourth-order valence-corrected chi connectivity index (χ4v) is 3.02. The number of hydrogen-bond acceptors (Lipinski definition) is 3. The molecular weight excluding hydrogens is 238 g/mol. The number of hydrogen-bond donors (Lipinski definition) is 1. The van der Waals surface area contributed by atoms with Crippen molar-refractivity contribution in [3.05, 3.63) is 23.9 Å². The quantitative estimate of drug-likeness (QED) is 0.907. The first kappa shape index (κ1) is 12.5. The summed E-state index contributed by atoms with van der Waals surface area (Å²) in [5.41, 5.74) is 1.18. The van der Waals surface area contributed by atoms with Crippen LogP contribution in [-0.4, -0.2) is 28.4 Å². The molecule has 2 heterocycles. The lowest BCUT2D eigenvalue weighted by molar-refractivity contribution is -0.129. The molecule has 0 bridgehead atoms. The lowest BCUT2D eigenvalue weighted by atomic mass is 9.92. The van der Waals surface area contributed by atoms with Gasteiger partial charge in [-0.2, -0.15) is 0 Å². The molecule has 3 rings (SSSR count). The maximum absolute atomic E-state index is 11.7. The van der Waals surface area contributed by atoms with Crippen LogP contribution in [-0.2, 0) is 4.79 Å². The highest BCUT2D eigenvalue weighted by molar-refractivity contribution is 5.74. The standard InChI is InChI=1S/C15H21N3O/c1-11(19)18-10-4-8-14(18)13-7-3-9-16-15(13)17-12-5-2-6-12/h3,7,9,12,14H,2,4-6,8,10H2,1H3,(H,16,17). The first-order valence-corrected chi connectivity index (χ1v) is 7.24. The third-order valence-corrected chi connectivity index (χ3v) is 4.30. The van der Waals surface area contributed by atoms with Crippen molar-refractivity contribution in [1.82, 2.24) is 9.88 Å². The molecule has 1 saturated carbocycles. The average molecular weight is 259 g/mol. The summed E-state index contributed by atoms with van der Waals surface area (Å²) in [6, 6.07) is 4.85. The fourth-order valence-electron chi connectivity index (χ4n) is 3.02. The predicted molar refractivity (Wildman–Crippen MR) is 74.9 cm³/mol. The van der Waals surface area contributed by atoms with Gasteiger partial charge in [0.25, 0.3) is 0 Å². The molecular formula is C15H21N3O. The Kier molecular flexibility index (Phi) is 3.40. The van der Waals surface area contributed by atoms with Gasteiger partial charge in [-0.25, -0.2) is 4.98 Å². The van der Waals surface area contributed by atoms with Crippen molar-refractivity contribution in [2.24, 2.45) is 0 Å². The molecule has 0 radical (unpaired) electrons. The molecule has 1 atom stereocenters. The summed E-state index contributed by atoms with van der Waals surface area (Å²) in [6.07, 6.45) is 7.74. The topological polar surface area (TPSA) is 45.2 Å². The molecule has 1 saturated heterocycles. The van der Waals surface area contributed by atoms with E-state index in [1.807, 2.05) is 17.2 Å². The van der Waals surface area contributed by atoms with E-state index in [1.165, 1.54) is 24.8 Å². The Balaban J connectivity index is 1.84. The number of amides is 1. The van der Waals surface area contributed by atoms with Crippen molar-refractivity contribution >= 4 is 11.7 Å². The van der Waals surface area contributed by atoms with Gasteiger partial charge >= 0.3 is 0 Å². The summed E-state index contributed by atoms with van der Waals surface area (Å²) in [6.45, 7) is 2.53. The largest absolute Gasteiger partial charge is 0.367 e. The van der Waals surface area contributed by atoms with E-state index in [1.54, 1.807) is 6.92 Å². The second-order valence-corrected chi connectivity index (χ2v) is 5.58. The lowest BCUT2D eigenvalue weighted by Crippen LogP contribution is -2.31. The van der Waals surface area contributed by atoms with E-state index in [0.717, 1.165) is 25.2 Å². The van der Waals surface area contributed by atoms with Crippen LogP contribution in [0.5, 0.6) is 0 Å². The first-order chi connectivity index (χ1) is 9.25. The zero-order valence-corrected chi connectivity index (χ0v) is 11.4.